The van der Waals surface area contributed by atoms with Crippen LogP contribution in [-0.2, 0) is 11.3 Å². The van der Waals surface area contributed by atoms with Crippen LogP contribution in [0, 0.1) is 5.92 Å². The van der Waals surface area contributed by atoms with Crippen molar-refractivity contribution in [3.63, 3.8) is 0 Å². The number of hydrogen-bond donors (Lipinski definition) is 0. The van der Waals surface area contributed by atoms with E-state index in [4.69, 9.17) is 32.9 Å². The van der Waals surface area contributed by atoms with Crippen LogP contribution in [0.3, 0.4) is 0 Å². The van der Waals surface area contributed by atoms with Gasteiger partial charge in [-0.05, 0) is 37.9 Å². The topological polar surface area (TPSA) is 47.4 Å². The molecule has 0 amide bonds. The molecule has 7 heteroatoms. The lowest BCUT2D eigenvalue weighted by molar-refractivity contribution is -0.0590. The molecule has 1 aromatic carbocycles. The lowest BCUT2D eigenvalue weighted by Gasteiger charge is -2.46. The summed E-state index contributed by atoms with van der Waals surface area (Å²) in [6.45, 7) is 4.71. The molecule has 0 spiro atoms. The maximum atomic E-state index is 13.0. The third kappa shape index (κ3) is 2.68. The zero-order valence-electron chi connectivity index (χ0n) is 14.5. The average molecular weight is 394 g/mol. The molecule has 3 aliphatic rings. The van der Waals surface area contributed by atoms with Crippen molar-refractivity contribution in [2.24, 2.45) is 5.92 Å². The van der Waals surface area contributed by atoms with Crippen LogP contribution in [0.5, 0.6) is 0 Å². The molecule has 2 fully saturated rings. The van der Waals surface area contributed by atoms with Crippen LogP contribution in [0.25, 0.3) is 10.9 Å². The highest BCUT2D eigenvalue weighted by Crippen LogP contribution is 2.38. The van der Waals surface area contributed by atoms with Crippen molar-refractivity contribution in [1.29, 1.82) is 0 Å². The van der Waals surface area contributed by atoms with Gasteiger partial charge in [0.05, 0.1) is 34.2 Å². The van der Waals surface area contributed by atoms with Gasteiger partial charge >= 0.3 is 0 Å². The van der Waals surface area contributed by atoms with Crippen molar-refractivity contribution in [1.82, 2.24) is 14.5 Å². The molecule has 5 nitrogen and oxygen atoms in total. The summed E-state index contributed by atoms with van der Waals surface area (Å²) in [5.41, 5.74) is 0.660. The Morgan fingerprint density at radius 2 is 1.96 bits per heavy atom. The van der Waals surface area contributed by atoms with Gasteiger partial charge in [-0.15, -0.1) is 0 Å². The Labute approximate surface area is 161 Å². The summed E-state index contributed by atoms with van der Waals surface area (Å²) in [5.74, 6) is 1.89. The van der Waals surface area contributed by atoms with Crippen molar-refractivity contribution in [3.8, 4) is 0 Å². The number of piperidine rings is 1. The zero-order valence-corrected chi connectivity index (χ0v) is 16.0. The molecule has 2 atom stereocenters. The van der Waals surface area contributed by atoms with E-state index in [2.05, 4.69) is 4.90 Å². The highest BCUT2D eigenvalue weighted by molar-refractivity contribution is 6.42. The Kier molecular flexibility index (Phi) is 4.24. The van der Waals surface area contributed by atoms with Gasteiger partial charge in [0, 0.05) is 31.0 Å². The fourth-order valence-corrected chi connectivity index (χ4v) is 5.08. The molecule has 0 aliphatic carbocycles. The number of halogens is 2. The summed E-state index contributed by atoms with van der Waals surface area (Å²) >= 11 is 12.3. The summed E-state index contributed by atoms with van der Waals surface area (Å²) in [4.78, 5) is 20.5. The first-order valence-corrected chi connectivity index (χ1v) is 10.1. The average Bonchev–Trinajstić information content (AvgIpc) is 2.60. The molecule has 2 saturated heterocycles. The summed E-state index contributed by atoms with van der Waals surface area (Å²) in [7, 11) is 0. The van der Waals surface area contributed by atoms with E-state index in [1.54, 1.807) is 12.1 Å². The standard InChI is InChI=1S/C19H21Cl2N3O2/c20-14-6-13-16(7-15(14)21)22-18-12-2-1-4-23(8-11-9-26-10-11)17(12)3-5-24(18)19(13)25/h6-7,11-12,17H,1-5,8-10H2/t12-,17+/m0/s1. The Morgan fingerprint density at radius 1 is 1.15 bits per heavy atom. The largest absolute Gasteiger partial charge is 0.381 e. The first kappa shape index (κ1) is 17.0. The quantitative estimate of drug-likeness (QED) is 0.784. The number of ether oxygens (including phenoxy) is 1. The molecule has 138 valence electrons. The van der Waals surface area contributed by atoms with Crippen LogP contribution in [0.2, 0.25) is 10.0 Å². The first-order chi connectivity index (χ1) is 12.6. The molecule has 4 heterocycles. The maximum absolute atomic E-state index is 13.0. The SMILES string of the molecule is O=c1c2cc(Cl)c(Cl)cc2nc2n1CC[C@@H]1[C@@H]2CCCN1CC1COC1. The van der Waals surface area contributed by atoms with Gasteiger partial charge < -0.3 is 4.74 Å². The van der Waals surface area contributed by atoms with Crippen LogP contribution in [0.1, 0.15) is 31.0 Å². The monoisotopic (exact) mass is 393 g/mol. The zero-order chi connectivity index (χ0) is 17.8. The van der Waals surface area contributed by atoms with E-state index >= 15 is 0 Å². The molecule has 5 rings (SSSR count). The Morgan fingerprint density at radius 3 is 2.73 bits per heavy atom. The summed E-state index contributed by atoms with van der Waals surface area (Å²) in [6, 6.07) is 3.84. The van der Waals surface area contributed by atoms with Crippen LogP contribution < -0.4 is 5.56 Å². The van der Waals surface area contributed by atoms with E-state index < -0.39 is 0 Å². The van der Waals surface area contributed by atoms with E-state index in [0.29, 0.717) is 38.8 Å². The number of rotatable bonds is 2. The van der Waals surface area contributed by atoms with Crippen molar-refractivity contribution < 1.29 is 4.74 Å². The van der Waals surface area contributed by atoms with Gasteiger partial charge in [-0.2, -0.15) is 0 Å². The fraction of sp³-hybridized carbons (Fsp3) is 0.579. The van der Waals surface area contributed by atoms with Gasteiger partial charge in [-0.1, -0.05) is 23.2 Å². The molecule has 3 aliphatic heterocycles. The van der Waals surface area contributed by atoms with Gasteiger partial charge in [-0.25, -0.2) is 4.98 Å². The van der Waals surface area contributed by atoms with Crippen molar-refractivity contribution in [2.45, 2.75) is 37.8 Å². The van der Waals surface area contributed by atoms with Gasteiger partial charge in [0.15, 0.2) is 0 Å². The van der Waals surface area contributed by atoms with Crippen molar-refractivity contribution in [2.75, 3.05) is 26.3 Å². The molecule has 2 aromatic rings. The van der Waals surface area contributed by atoms with Crippen LogP contribution in [-0.4, -0.2) is 46.8 Å². The lowest BCUT2D eigenvalue weighted by atomic mass is 9.83. The first-order valence-electron chi connectivity index (χ1n) is 9.33. The van der Waals surface area contributed by atoms with Gasteiger partial charge in [-0.3, -0.25) is 14.3 Å². The summed E-state index contributed by atoms with van der Waals surface area (Å²) in [5, 5.41) is 1.40. The molecule has 26 heavy (non-hydrogen) atoms. The lowest BCUT2D eigenvalue weighted by Crippen LogP contribution is -2.52. The predicted molar refractivity (Wildman–Crippen MR) is 102 cm³/mol. The molecule has 0 bridgehead atoms. The number of likely N-dealkylation sites (tertiary alicyclic amines) is 1. The van der Waals surface area contributed by atoms with Gasteiger partial charge in [0.25, 0.3) is 5.56 Å². The Balaban J connectivity index is 1.56. The molecule has 0 N–H and O–H groups in total. The van der Waals surface area contributed by atoms with Crippen molar-refractivity contribution >= 4 is 34.1 Å². The normalized spacial score (nSPS) is 26.4. The minimum absolute atomic E-state index is 0.00605. The highest BCUT2D eigenvalue weighted by atomic mass is 35.5. The molecular weight excluding hydrogens is 373 g/mol. The second-order valence-corrected chi connectivity index (χ2v) is 8.53. The third-order valence-electron chi connectivity index (χ3n) is 6.10. The highest BCUT2D eigenvalue weighted by Gasteiger charge is 2.39. The van der Waals surface area contributed by atoms with E-state index in [1.165, 1.54) is 0 Å². The van der Waals surface area contributed by atoms with E-state index in [0.717, 1.165) is 57.9 Å². The summed E-state index contributed by atoms with van der Waals surface area (Å²) < 4.78 is 7.21. The number of aromatic nitrogens is 2. The van der Waals surface area contributed by atoms with Crippen LogP contribution in [0.15, 0.2) is 16.9 Å². The van der Waals surface area contributed by atoms with Crippen LogP contribution in [0.4, 0.5) is 0 Å². The van der Waals surface area contributed by atoms with Gasteiger partial charge in [0.1, 0.15) is 5.82 Å². The fourth-order valence-electron chi connectivity index (χ4n) is 4.75. The number of nitrogens with zero attached hydrogens (tertiary/aromatic N) is 3. The smallest absolute Gasteiger partial charge is 0.261 e. The van der Waals surface area contributed by atoms with E-state index in [9.17, 15) is 4.79 Å². The van der Waals surface area contributed by atoms with Crippen molar-refractivity contribution in [3.05, 3.63) is 38.4 Å². The van der Waals surface area contributed by atoms with E-state index in [1.807, 2.05) is 4.57 Å². The molecular formula is C19H21Cl2N3O2. The van der Waals surface area contributed by atoms with E-state index in [-0.39, 0.29) is 5.56 Å². The molecule has 0 radical (unpaired) electrons. The summed E-state index contributed by atoms with van der Waals surface area (Å²) in [6.07, 6.45) is 3.23. The second-order valence-electron chi connectivity index (χ2n) is 7.71. The molecule has 1 aromatic heterocycles. The number of fused-ring (bicyclic) bond motifs is 4. The maximum Gasteiger partial charge on any atom is 0.261 e. The Hall–Kier alpha value is -1.14. The molecule has 0 saturated carbocycles. The second kappa shape index (κ2) is 6.48. The molecule has 0 unspecified atom stereocenters. The Bertz CT molecular complexity index is 925. The number of hydrogen-bond acceptors (Lipinski definition) is 4. The minimum atomic E-state index is 0.00605. The third-order valence-corrected chi connectivity index (χ3v) is 6.82. The number of benzene rings is 1. The predicted octanol–water partition coefficient (Wildman–Crippen LogP) is 3.30. The van der Waals surface area contributed by atoms with Crippen LogP contribution >= 0.6 is 23.2 Å². The minimum Gasteiger partial charge on any atom is -0.381 e. The van der Waals surface area contributed by atoms with Gasteiger partial charge in [0.2, 0.25) is 0 Å².